The fourth-order valence-electron chi connectivity index (χ4n) is 2.56. The van der Waals surface area contributed by atoms with Crippen molar-refractivity contribution in [2.75, 3.05) is 6.54 Å². The molecule has 2 N–H and O–H groups in total. The van der Waals surface area contributed by atoms with Crippen LogP contribution in [0.2, 0.25) is 5.15 Å². The van der Waals surface area contributed by atoms with Crippen LogP contribution in [0.5, 0.6) is 0 Å². The van der Waals surface area contributed by atoms with E-state index in [1.165, 1.54) is 0 Å². The second kappa shape index (κ2) is 5.43. The highest BCUT2D eigenvalue weighted by molar-refractivity contribution is 6.29. The lowest BCUT2D eigenvalue weighted by atomic mass is 9.71. The summed E-state index contributed by atoms with van der Waals surface area (Å²) in [6.07, 6.45) is 5.55. The molecule has 2 rings (SSSR count). The van der Waals surface area contributed by atoms with Gasteiger partial charge in [0.05, 0.1) is 18.3 Å². The number of imidazole rings is 1. The average molecular weight is 286 g/mol. The largest absolute Gasteiger partial charge is 0.389 e. The lowest BCUT2D eigenvalue weighted by Crippen LogP contribution is -2.45. The van der Waals surface area contributed by atoms with E-state index >= 15 is 0 Å². The van der Waals surface area contributed by atoms with Gasteiger partial charge in [0.25, 0.3) is 0 Å². The average Bonchev–Trinajstić information content (AvgIpc) is 2.66. The van der Waals surface area contributed by atoms with Crippen molar-refractivity contribution in [3.63, 3.8) is 0 Å². The summed E-state index contributed by atoms with van der Waals surface area (Å²) in [4.78, 5) is 4.23. The molecule has 0 atom stereocenters. The molecule has 1 heterocycles. The van der Waals surface area contributed by atoms with Crippen molar-refractivity contribution in [3.8, 4) is 0 Å². The molecule has 108 valence electrons. The summed E-state index contributed by atoms with van der Waals surface area (Å²) >= 11 is 5.94. The minimum Gasteiger partial charge on any atom is -0.389 e. The number of hydrogen-bond acceptors (Lipinski definition) is 3. The Balaban J connectivity index is 1.81. The van der Waals surface area contributed by atoms with Crippen LogP contribution in [0.15, 0.2) is 6.20 Å². The first-order valence-corrected chi connectivity index (χ1v) is 7.28. The maximum Gasteiger partial charge on any atom is 0.128 e. The van der Waals surface area contributed by atoms with E-state index < -0.39 is 5.60 Å². The molecule has 1 aromatic heterocycles. The van der Waals surface area contributed by atoms with Gasteiger partial charge in [-0.2, -0.15) is 0 Å². The third-order valence-electron chi connectivity index (χ3n) is 4.30. The van der Waals surface area contributed by atoms with Gasteiger partial charge in [-0.1, -0.05) is 25.4 Å². The van der Waals surface area contributed by atoms with Gasteiger partial charge in [0.2, 0.25) is 0 Å². The molecule has 5 heteroatoms. The lowest BCUT2D eigenvalue weighted by Gasteiger charge is -2.40. The highest BCUT2D eigenvalue weighted by Crippen LogP contribution is 2.39. The summed E-state index contributed by atoms with van der Waals surface area (Å²) in [5.74, 6) is 0.893. The van der Waals surface area contributed by atoms with Gasteiger partial charge in [-0.3, -0.25) is 0 Å². The summed E-state index contributed by atoms with van der Waals surface area (Å²) in [6, 6.07) is 0. The minimum absolute atomic E-state index is 0.374. The number of rotatable bonds is 4. The SMILES string of the molecule is Cn1c(Cl)cnc1CNCC1(O)CCC(C)(C)CC1. The molecule has 0 aromatic carbocycles. The van der Waals surface area contributed by atoms with E-state index in [9.17, 15) is 5.11 Å². The zero-order valence-corrected chi connectivity index (χ0v) is 12.8. The van der Waals surface area contributed by atoms with E-state index in [0.717, 1.165) is 31.5 Å². The lowest BCUT2D eigenvalue weighted by molar-refractivity contribution is -0.0246. The van der Waals surface area contributed by atoms with Crippen LogP contribution in [0.3, 0.4) is 0 Å². The normalized spacial score (nSPS) is 21.5. The van der Waals surface area contributed by atoms with Crippen LogP contribution in [0.1, 0.15) is 45.4 Å². The van der Waals surface area contributed by atoms with Crippen molar-refractivity contribution < 1.29 is 5.11 Å². The Kier molecular flexibility index (Phi) is 4.23. The topological polar surface area (TPSA) is 50.1 Å². The van der Waals surface area contributed by atoms with Gasteiger partial charge in [-0.05, 0) is 31.1 Å². The maximum absolute atomic E-state index is 10.5. The second-order valence-corrected chi connectivity index (χ2v) is 6.94. The molecule has 0 bridgehead atoms. The molecule has 1 fully saturated rings. The van der Waals surface area contributed by atoms with E-state index in [2.05, 4.69) is 24.1 Å². The van der Waals surface area contributed by atoms with Gasteiger partial charge in [0, 0.05) is 13.6 Å². The van der Waals surface area contributed by atoms with Crippen molar-refractivity contribution in [2.24, 2.45) is 12.5 Å². The molecule has 0 aliphatic heterocycles. The number of halogens is 1. The third-order valence-corrected chi connectivity index (χ3v) is 4.65. The number of aromatic nitrogens is 2. The molecule has 19 heavy (non-hydrogen) atoms. The Hall–Kier alpha value is -0.580. The summed E-state index contributed by atoms with van der Waals surface area (Å²) in [6.45, 7) is 5.80. The summed E-state index contributed by atoms with van der Waals surface area (Å²) in [5, 5.41) is 14.5. The zero-order chi connectivity index (χ0) is 14.1. The molecule has 1 aliphatic rings. The molecule has 1 aromatic rings. The first-order chi connectivity index (χ1) is 8.81. The Morgan fingerprint density at radius 3 is 2.53 bits per heavy atom. The van der Waals surface area contributed by atoms with Gasteiger partial charge < -0.3 is 15.0 Å². The van der Waals surface area contributed by atoms with Gasteiger partial charge in [0.1, 0.15) is 11.0 Å². The zero-order valence-electron chi connectivity index (χ0n) is 12.0. The van der Waals surface area contributed by atoms with Crippen LogP contribution in [-0.4, -0.2) is 26.8 Å². The maximum atomic E-state index is 10.5. The third kappa shape index (κ3) is 3.71. The molecule has 0 radical (unpaired) electrons. The van der Waals surface area contributed by atoms with E-state index in [1.807, 2.05) is 11.6 Å². The van der Waals surface area contributed by atoms with Crippen LogP contribution in [0, 0.1) is 5.41 Å². The predicted molar refractivity (Wildman–Crippen MR) is 77.1 cm³/mol. The number of hydrogen-bond donors (Lipinski definition) is 2. The van der Waals surface area contributed by atoms with Crippen LogP contribution < -0.4 is 5.32 Å². The van der Waals surface area contributed by atoms with E-state index in [0.29, 0.717) is 23.7 Å². The molecular weight excluding hydrogens is 262 g/mol. The molecule has 1 saturated carbocycles. The molecule has 0 unspecified atom stereocenters. The van der Waals surface area contributed by atoms with Crippen LogP contribution in [-0.2, 0) is 13.6 Å². The Bertz CT molecular complexity index is 432. The molecule has 0 amide bonds. The summed E-state index contributed by atoms with van der Waals surface area (Å²) in [7, 11) is 1.89. The van der Waals surface area contributed by atoms with E-state index in [-0.39, 0.29) is 0 Å². The molecule has 0 spiro atoms. The highest BCUT2D eigenvalue weighted by atomic mass is 35.5. The fraction of sp³-hybridized carbons (Fsp3) is 0.786. The second-order valence-electron chi connectivity index (χ2n) is 6.55. The first kappa shape index (κ1) is 14.8. The molecule has 4 nitrogen and oxygen atoms in total. The van der Waals surface area contributed by atoms with Crippen molar-refractivity contribution in [2.45, 2.75) is 51.7 Å². The monoisotopic (exact) mass is 285 g/mol. The number of aliphatic hydroxyl groups is 1. The molecular formula is C14H24ClN3O. The van der Waals surface area contributed by atoms with E-state index in [1.54, 1.807) is 6.20 Å². The van der Waals surface area contributed by atoms with Crippen LogP contribution in [0.25, 0.3) is 0 Å². The standard InChI is InChI=1S/C14H24ClN3O/c1-13(2)4-6-14(19,7-5-13)10-16-9-12-17-8-11(15)18(12)3/h8,16,19H,4-7,9-10H2,1-3H3. The van der Waals surface area contributed by atoms with Gasteiger partial charge in [-0.15, -0.1) is 0 Å². The van der Waals surface area contributed by atoms with Crippen molar-refractivity contribution in [3.05, 3.63) is 17.2 Å². The Morgan fingerprint density at radius 1 is 1.37 bits per heavy atom. The van der Waals surface area contributed by atoms with Crippen molar-refractivity contribution >= 4 is 11.6 Å². The van der Waals surface area contributed by atoms with Crippen molar-refractivity contribution in [1.29, 1.82) is 0 Å². The Morgan fingerprint density at radius 2 is 2.00 bits per heavy atom. The first-order valence-electron chi connectivity index (χ1n) is 6.91. The van der Waals surface area contributed by atoms with E-state index in [4.69, 9.17) is 11.6 Å². The van der Waals surface area contributed by atoms with Gasteiger partial charge in [-0.25, -0.2) is 4.98 Å². The summed E-state index contributed by atoms with van der Waals surface area (Å²) < 4.78 is 1.85. The fourth-order valence-corrected chi connectivity index (χ4v) is 2.71. The van der Waals surface area contributed by atoms with Gasteiger partial charge in [0.15, 0.2) is 0 Å². The predicted octanol–water partition coefficient (Wildman–Crippen LogP) is 2.49. The molecule has 0 saturated heterocycles. The number of nitrogens with one attached hydrogen (secondary N) is 1. The summed E-state index contributed by atoms with van der Waals surface area (Å²) in [5.41, 5.74) is -0.191. The highest BCUT2D eigenvalue weighted by Gasteiger charge is 2.36. The number of nitrogens with zero attached hydrogens (tertiary/aromatic N) is 2. The smallest absolute Gasteiger partial charge is 0.128 e. The van der Waals surface area contributed by atoms with Crippen LogP contribution in [0.4, 0.5) is 0 Å². The molecule has 1 aliphatic carbocycles. The van der Waals surface area contributed by atoms with Gasteiger partial charge >= 0.3 is 0 Å². The van der Waals surface area contributed by atoms with Crippen molar-refractivity contribution in [1.82, 2.24) is 14.9 Å². The quantitative estimate of drug-likeness (QED) is 0.894. The minimum atomic E-state index is -0.565. The van der Waals surface area contributed by atoms with Crippen LogP contribution >= 0.6 is 11.6 Å². The Labute approximate surface area is 120 Å².